The van der Waals surface area contributed by atoms with E-state index in [1.165, 1.54) is 0 Å². The molecule has 1 aliphatic rings. The van der Waals surface area contributed by atoms with Crippen molar-refractivity contribution in [2.75, 3.05) is 18.4 Å². The number of nitrogens with one attached hydrogen (secondary N) is 1. The predicted octanol–water partition coefficient (Wildman–Crippen LogP) is 4.95. The average Bonchev–Trinajstić information content (AvgIpc) is 3.26. The van der Waals surface area contributed by atoms with Crippen molar-refractivity contribution in [2.24, 2.45) is 0 Å². The van der Waals surface area contributed by atoms with E-state index in [2.05, 4.69) is 15.0 Å². The van der Waals surface area contributed by atoms with Gasteiger partial charge in [0.1, 0.15) is 24.3 Å². The van der Waals surface area contributed by atoms with Gasteiger partial charge in [-0.3, -0.25) is 4.90 Å². The molecule has 6 nitrogen and oxygen atoms in total. The molecule has 0 radical (unpaired) electrons. The number of hydrogen-bond donors (Lipinski definition) is 1. The van der Waals surface area contributed by atoms with Crippen molar-refractivity contribution in [3.63, 3.8) is 0 Å². The van der Waals surface area contributed by atoms with Gasteiger partial charge in [0.2, 0.25) is 0 Å². The topological polar surface area (TPSA) is 77.7 Å². The number of hydrogen-bond acceptors (Lipinski definition) is 7. The Labute approximate surface area is 196 Å². The smallest absolute Gasteiger partial charge is 0.175 e. The molecule has 1 atom stereocenters. The van der Waals surface area contributed by atoms with Gasteiger partial charge in [-0.05, 0) is 30.4 Å². The van der Waals surface area contributed by atoms with Gasteiger partial charge in [0.05, 0.1) is 17.0 Å². The zero-order valence-electron chi connectivity index (χ0n) is 25.0. The van der Waals surface area contributed by atoms with E-state index < -0.39 is 72.8 Å². The molecule has 1 unspecified atom stereocenters. The summed E-state index contributed by atoms with van der Waals surface area (Å²) in [4.78, 5) is 13.1. The van der Waals surface area contributed by atoms with Crippen LogP contribution in [0.3, 0.4) is 0 Å². The third-order valence-corrected chi connectivity index (χ3v) is 5.71. The highest BCUT2D eigenvalue weighted by Crippen LogP contribution is 2.31. The fourth-order valence-electron chi connectivity index (χ4n) is 2.72. The Morgan fingerprint density at radius 2 is 2.33 bits per heavy atom. The first-order valence-electron chi connectivity index (χ1n) is 13.4. The number of nitriles is 1. The molecular formula is C21H22ClFN6S. The number of benzene rings is 1. The van der Waals surface area contributed by atoms with Crippen LogP contribution in [-0.4, -0.2) is 39.0 Å². The minimum Gasteiger partial charge on any atom is -0.366 e. The Morgan fingerprint density at radius 1 is 1.57 bits per heavy atom. The normalized spacial score (nSPS) is 25.8. The first-order valence-corrected chi connectivity index (χ1v) is 10.0. The SMILES string of the molecule is [2H]c1nc(N([2H])C2([2H])C([2H])([2H])CN(C([2H])c3cc(Cl)c(F)c(C#N)c3)CC2([2H])[2H])c2sc(C([2H])(C)C)nc2n1. The third-order valence-electron chi connectivity index (χ3n) is 4.17. The molecule has 1 fully saturated rings. The zero-order chi connectivity index (χ0) is 29.3. The molecule has 9 heteroatoms. The van der Waals surface area contributed by atoms with E-state index in [0.717, 1.165) is 28.4 Å². The second-order valence-corrected chi connectivity index (χ2v) is 8.05. The fraction of sp³-hybridized carbons (Fsp3) is 0.429. The molecular weight excluding hydrogens is 423 g/mol. The summed E-state index contributed by atoms with van der Waals surface area (Å²) in [6, 6.07) is 0.876. The lowest BCUT2D eigenvalue weighted by Crippen LogP contribution is -2.38. The maximum atomic E-state index is 14.1. The highest BCUT2D eigenvalue weighted by Gasteiger charge is 2.22. The van der Waals surface area contributed by atoms with Crippen molar-refractivity contribution in [3.05, 3.63) is 45.4 Å². The van der Waals surface area contributed by atoms with Gasteiger partial charge in [-0.25, -0.2) is 19.3 Å². The third kappa shape index (κ3) is 4.38. The maximum absolute atomic E-state index is 14.1. The van der Waals surface area contributed by atoms with Crippen molar-refractivity contribution in [1.82, 2.24) is 19.9 Å². The van der Waals surface area contributed by atoms with E-state index >= 15 is 0 Å². The van der Waals surface area contributed by atoms with Crippen molar-refractivity contribution in [3.8, 4) is 6.07 Å². The number of thiazole rings is 1. The number of anilines is 1. The maximum Gasteiger partial charge on any atom is 0.175 e. The highest BCUT2D eigenvalue weighted by atomic mass is 35.5. The number of piperidine rings is 1. The van der Waals surface area contributed by atoms with E-state index in [1.54, 1.807) is 19.9 Å². The summed E-state index contributed by atoms with van der Waals surface area (Å²) >= 11 is 6.79. The largest absolute Gasteiger partial charge is 0.366 e. The molecule has 30 heavy (non-hydrogen) atoms. The van der Waals surface area contributed by atoms with Crippen LogP contribution in [0.2, 0.25) is 6.43 Å². The summed E-state index contributed by atoms with van der Waals surface area (Å²) in [6.45, 7) is 0.292. The molecule has 1 N–H and O–H groups in total. The van der Waals surface area contributed by atoms with Crippen LogP contribution < -0.4 is 5.31 Å². The molecule has 0 saturated carbocycles. The minimum atomic E-state index is -2.93. The van der Waals surface area contributed by atoms with Gasteiger partial charge in [0.15, 0.2) is 12.9 Å². The van der Waals surface area contributed by atoms with Gasteiger partial charge >= 0.3 is 0 Å². The van der Waals surface area contributed by atoms with Crippen LogP contribution in [0.4, 0.5) is 10.2 Å². The molecule has 3 aromatic rings. The number of nitrogens with zero attached hydrogens (tertiary/aromatic N) is 5. The van der Waals surface area contributed by atoms with Crippen LogP contribution in [0.1, 0.15) is 59.6 Å². The lowest BCUT2D eigenvalue weighted by atomic mass is 10.0. The Hall–Kier alpha value is -2.34. The summed E-state index contributed by atoms with van der Waals surface area (Å²) < 4.78 is 91.6. The number of rotatable bonds is 5. The first-order chi connectivity index (χ1) is 17.8. The van der Waals surface area contributed by atoms with Gasteiger partial charge in [0.25, 0.3) is 0 Å². The molecule has 0 aliphatic carbocycles. The van der Waals surface area contributed by atoms with Crippen LogP contribution in [0.5, 0.6) is 0 Å². The van der Waals surface area contributed by atoms with E-state index in [4.69, 9.17) is 24.0 Å². The van der Waals surface area contributed by atoms with Crippen molar-refractivity contribution >= 4 is 39.1 Å². The molecule has 1 aliphatic heterocycles. The lowest BCUT2D eigenvalue weighted by molar-refractivity contribution is 0.211. The lowest BCUT2D eigenvalue weighted by Gasteiger charge is -2.32. The molecule has 2 aromatic heterocycles. The standard InChI is InChI=1S/C21H22ClFN6S/c1-12(2)21-28-20-18(30-21)19(25-11-26-20)27-15-3-5-29(6-4-15)10-13-7-14(9-24)17(23)16(22)8-13/h7-8,11-12,15H,3-6,10H2,1-2H3,(H,25,26,27)/i3D2,4D2,10D,11D,12D,15D/hD. The van der Waals surface area contributed by atoms with Crippen LogP contribution in [0, 0.1) is 17.1 Å². The summed E-state index contributed by atoms with van der Waals surface area (Å²) in [6.07, 6.45) is -6.19. The summed E-state index contributed by atoms with van der Waals surface area (Å²) in [7, 11) is 0. The van der Waals surface area contributed by atoms with Gasteiger partial charge in [-0.2, -0.15) is 5.26 Å². The average molecular weight is 454 g/mol. The molecule has 1 saturated heterocycles. The Bertz CT molecular complexity index is 1470. The van der Waals surface area contributed by atoms with Gasteiger partial charge in [0, 0.05) is 39.7 Å². The van der Waals surface area contributed by atoms with E-state index in [9.17, 15) is 9.65 Å². The fourth-order valence-corrected chi connectivity index (χ4v) is 3.84. The van der Waals surface area contributed by atoms with E-state index in [0.29, 0.717) is 0 Å². The Kier molecular flexibility index (Phi) is 3.67. The molecule has 0 bridgehead atoms. The van der Waals surface area contributed by atoms with Crippen molar-refractivity contribution < 1.29 is 16.8 Å². The van der Waals surface area contributed by atoms with Crippen LogP contribution in [0.25, 0.3) is 10.3 Å². The van der Waals surface area contributed by atoms with Gasteiger partial charge in [-0.15, -0.1) is 11.3 Å². The van der Waals surface area contributed by atoms with Crippen molar-refractivity contribution in [1.29, 1.82) is 5.26 Å². The summed E-state index contributed by atoms with van der Waals surface area (Å²) in [5, 5.41) is 9.31. The number of fused-ring (bicyclic) bond motifs is 1. The van der Waals surface area contributed by atoms with E-state index in [-0.39, 0.29) is 26.2 Å². The molecule has 4 rings (SSSR count). The van der Waals surface area contributed by atoms with Crippen molar-refractivity contribution in [2.45, 2.75) is 45.0 Å². The quantitative estimate of drug-likeness (QED) is 0.588. The second kappa shape index (κ2) is 8.80. The molecule has 3 heterocycles. The molecule has 156 valence electrons. The predicted molar refractivity (Wildman–Crippen MR) is 117 cm³/mol. The first kappa shape index (κ1) is 12.5. The Balaban J connectivity index is 1.77. The highest BCUT2D eigenvalue weighted by molar-refractivity contribution is 7.19. The van der Waals surface area contributed by atoms with Gasteiger partial charge in [-0.1, -0.05) is 25.4 Å². The number of aromatic nitrogens is 3. The van der Waals surface area contributed by atoms with Crippen LogP contribution in [0.15, 0.2) is 18.4 Å². The number of halogens is 2. The minimum absolute atomic E-state index is 0.0244. The Morgan fingerprint density at radius 3 is 3.03 bits per heavy atom. The number of likely N-dealkylation sites (tertiary alicyclic amines) is 1. The van der Waals surface area contributed by atoms with Crippen LogP contribution in [-0.2, 0) is 6.52 Å². The summed E-state index contributed by atoms with van der Waals surface area (Å²) in [5.74, 6) is -2.54. The molecule has 0 amide bonds. The zero-order valence-corrected chi connectivity index (χ0v) is 17.6. The molecule has 1 aromatic carbocycles. The molecule has 0 spiro atoms. The van der Waals surface area contributed by atoms with E-state index in [1.807, 2.05) is 0 Å². The summed E-state index contributed by atoms with van der Waals surface area (Å²) in [5.41, 5.74) is -0.433. The van der Waals surface area contributed by atoms with Crippen LogP contribution >= 0.6 is 22.9 Å². The monoisotopic (exact) mass is 453 g/mol. The second-order valence-electron chi connectivity index (χ2n) is 6.64. The van der Waals surface area contributed by atoms with Gasteiger partial charge < -0.3 is 5.31 Å².